The van der Waals surface area contributed by atoms with Crippen LogP contribution < -0.4 is 4.90 Å². The number of amides is 1. The van der Waals surface area contributed by atoms with Gasteiger partial charge in [-0.1, -0.05) is 22.9 Å². The van der Waals surface area contributed by atoms with Crippen LogP contribution in [0, 0.1) is 5.92 Å². The molecular formula is C14H16BrNO2. The van der Waals surface area contributed by atoms with Crippen LogP contribution in [0.5, 0.6) is 0 Å². The molecule has 96 valence electrons. The van der Waals surface area contributed by atoms with Crippen molar-refractivity contribution < 1.29 is 9.59 Å². The van der Waals surface area contributed by atoms with Crippen molar-refractivity contribution in [2.45, 2.75) is 19.8 Å². The highest BCUT2D eigenvalue weighted by Crippen LogP contribution is 2.26. The molecule has 1 saturated heterocycles. The van der Waals surface area contributed by atoms with Crippen LogP contribution in [-0.2, 0) is 4.79 Å². The van der Waals surface area contributed by atoms with Crippen molar-refractivity contribution in [3.63, 3.8) is 0 Å². The molecule has 0 spiro atoms. The van der Waals surface area contributed by atoms with E-state index in [1.807, 2.05) is 19.1 Å². The molecule has 3 nitrogen and oxygen atoms in total. The average molecular weight is 310 g/mol. The monoisotopic (exact) mass is 309 g/mol. The summed E-state index contributed by atoms with van der Waals surface area (Å²) in [5.41, 5.74) is 1.60. The summed E-state index contributed by atoms with van der Waals surface area (Å²) in [6.45, 7) is 2.60. The molecule has 0 aromatic heterocycles. The van der Waals surface area contributed by atoms with E-state index in [2.05, 4.69) is 15.9 Å². The molecule has 4 heteroatoms. The van der Waals surface area contributed by atoms with Crippen LogP contribution in [0.3, 0.4) is 0 Å². The Kier molecular flexibility index (Phi) is 4.17. The Balaban J connectivity index is 2.15. The van der Waals surface area contributed by atoms with Gasteiger partial charge in [0.15, 0.2) is 5.78 Å². The van der Waals surface area contributed by atoms with Crippen LogP contribution in [0.4, 0.5) is 5.69 Å². The molecular weight excluding hydrogens is 294 g/mol. The summed E-state index contributed by atoms with van der Waals surface area (Å²) in [6.07, 6.45) is 1.11. The molecule has 0 aliphatic carbocycles. The summed E-state index contributed by atoms with van der Waals surface area (Å²) in [5, 5.41) is 0.849. The van der Waals surface area contributed by atoms with E-state index in [1.165, 1.54) is 0 Å². The van der Waals surface area contributed by atoms with Crippen molar-refractivity contribution in [3.8, 4) is 0 Å². The molecule has 1 aliphatic rings. The molecule has 1 fully saturated rings. The van der Waals surface area contributed by atoms with Gasteiger partial charge in [-0.15, -0.1) is 0 Å². The lowest BCUT2D eigenvalue weighted by Crippen LogP contribution is -2.24. The average Bonchev–Trinajstić information content (AvgIpc) is 2.79. The van der Waals surface area contributed by atoms with Gasteiger partial charge in [0.05, 0.1) is 0 Å². The molecule has 1 unspecified atom stereocenters. The second-order valence-corrected chi connectivity index (χ2v) is 5.20. The summed E-state index contributed by atoms with van der Waals surface area (Å²) in [4.78, 5) is 25.2. The Morgan fingerprint density at radius 1 is 1.39 bits per heavy atom. The zero-order valence-electron chi connectivity index (χ0n) is 10.4. The van der Waals surface area contributed by atoms with Crippen LogP contribution >= 0.6 is 15.9 Å². The zero-order chi connectivity index (χ0) is 13.1. The van der Waals surface area contributed by atoms with E-state index in [1.54, 1.807) is 17.0 Å². The second kappa shape index (κ2) is 5.65. The van der Waals surface area contributed by atoms with Crippen molar-refractivity contribution >= 4 is 33.3 Å². The highest BCUT2D eigenvalue weighted by Gasteiger charge is 2.29. The first kappa shape index (κ1) is 13.3. The predicted octanol–water partition coefficient (Wildman–Crippen LogP) is 3.03. The van der Waals surface area contributed by atoms with Crippen LogP contribution in [-0.4, -0.2) is 23.6 Å². The van der Waals surface area contributed by atoms with Crippen molar-refractivity contribution in [1.82, 2.24) is 0 Å². The van der Waals surface area contributed by atoms with Gasteiger partial charge in [-0.3, -0.25) is 9.59 Å². The van der Waals surface area contributed by atoms with Crippen molar-refractivity contribution in [1.29, 1.82) is 0 Å². The molecule has 1 atom stereocenters. The van der Waals surface area contributed by atoms with Crippen LogP contribution in [0.2, 0.25) is 0 Å². The Bertz CT molecular complexity index is 455. The number of alkyl halides is 1. The third kappa shape index (κ3) is 2.64. The number of hydrogen-bond donors (Lipinski definition) is 0. The van der Waals surface area contributed by atoms with Gasteiger partial charge in [0.2, 0.25) is 5.91 Å². The summed E-state index contributed by atoms with van der Waals surface area (Å²) < 4.78 is 0. The van der Waals surface area contributed by atoms with E-state index in [0.29, 0.717) is 24.3 Å². The minimum absolute atomic E-state index is 0.132. The van der Waals surface area contributed by atoms with Crippen LogP contribution in [0.15, 0.2) is 24.3 Å². The number of nitrogens with zero attached hydrogens (tertiary/aromatic N) is 1. The summed E-state index contributed by atoms with van der Waals surface area (Å²) >= 11 is 3.42. The fourth-order valence-corrected chi connectivity index (χ4v) is 2.60. The third-order valence-corrected chi connectivity index (χ3v) is 4.16. The fourth-order valence-electron chi connectivity index (χ4n) is 2.17. The van der Waals surface area contributed by atoms with Crippen LogP contribution in [0.25, 0.3) is 0 Å². The molecule has 1 aliphatic heterocycles. The molecule has 1 amide bonds. The Hall–Kier alpha value is -1.16. The van der Waals surface area contributed by atoms with Gasteiger partial charge >= 0.3 is 0 Å². The van der Waals surface area contributed by atoms with Gasteiger partial charge in [-0.25, -0.2) is 0 Å². The molecule has 2 rings (SSSR count). The van der Waals surface area contributed by atoms with E-state index in [9.17, 15) is 9.59 Å². The van der Waals surface area contributed by atoms with Gasteiger partial charge in [0.25, 0.3) is 0 Å². The van der Waals surface area contributed by atoms with Crippen molar-refractivity contribution in [2.24, 2.45) is 5.92 Å². The maximum atomic E-state index is 11.9. The molecule has 1 heterocycles. The number of anilines is 1. The highest BCUT2D eigenvalue weighted by molar-refractivity contribution is 9.09. The first-order valence-corrected chi connectivity index (χ1v) is 7.27. The third-order valence-electron chi connectivity index (χ3n) is 3.25. The number of ketones is 1. The van der Waals surface area contributed by atoms with Gasteiger partial charge in [0.1, 0.15) is 0 Å². The molecule has 0 radical (unpaired) electrons. The lowest BCUT2D eigenvalue weighted by atomic mass is 10.1. The number of carbonyl (C=O) groups is 2. The van der Waals surface area contributed by atoms with Gasteiger partial charge in [0, 0.05) is 36.0 Å². The van der Waals surface area contributed by atoms with Crippen molar-refractivity contribution in [2.75, 3.05) is 16.8 Å². The quantitative estimate of drug-likeness (QED) is 0.633. The highest BCUT2D eigenvalue weighted by atomic mass is 79.9. The summed E-state index contributed by atoms with van der Waals surface area (Å²) in [7, 11) is 0. The Labute approximate surface area is 115 Å². The largest absolute Gasteiger partial charge is 0.312 e. The van der Waals surface area contributed by atoms with Crippen molar-refractivity contribution in [3.05, 3.63) is 29.8 Å². The second-order valence-electron chi connectivity index (χ2n) is 4.55. The van der Waals surface area contributed by atoms with E-state index in [4.69, 9.17) is 0 Å². The van der Waals surface area contributed by atoms with E-state index < -0.39 is 0 Å². The smallest absolute Gasteiger partial charge is 0.227 e. The zero-order valence-corrected chi connectivity index (χ0v) is 11.9. The van der Waals surface area contributed by atoms with Crippen LogP contribution in [0.1, 0.15) is 30.1 Å². The molecule has 1 aromatic rings. The van der Waals surface area contributed by atoms with E-state index in [-0.39, 0.29) is 11.7 Å². The molecule has 0 saturated carbocycles. The number of benzene rings is 1. The summed E-state index contributed by atoms with van der Waals surface area (Å²) in [6, 6.07) is 7.32. The minimum atomic E-state index is 0.132. The molecule has 18 heavy (non-hydrogen) atoms. The molecule has 0 bridgehead atoms. The Morgan fingerprint density at radius 2 is 2.06 bits per heavy atom. The molecule has 0 N–H and O–H groups in total. The normalized spacial score (nSPS) is 19.3. The predicted molar refractivity (Wildman–Crippen MR) is 75.3 cm³/mol. The maximum Gasteiger partial charge on any atom is 0.227 e. The standard InChI is InChI=1S/C14H16BrNO2/c1-2-13(17)11-3-5-12(6-4-11)16-9-10(8-15)7-14(16)18/h3-6,10H,2,7-9H2,1H3. The number of carbonyl (C=O) groups excluding carboxylic acids is 2. The van der Waals surface area contributed by atoms with Gasteiger partial charge in [-0.05, 0) is 30.2 Å². The summed E-state index contributed by atoms with van der Waals surface area (Å²) in [5.74, 6) is 0.677. The lowest BCUT2D eigenvalue weighted by Gasteiger charge is -2.16. The SMILES string of the molecule is CCC(=O)c1ccc(N2CC(CBr)CC2=O)cc1. The van der Waals surface area contributed by atoms with Gasteiger partial charge < -0.3 is 4.90 Å². The molecule has 1 aromatic carbocycles. The fraction of sp³-hybridized carbons (Fsp3) is 0.429. The first-order chi connectivity index (χ1) is 8.65. The van der Waals surface area contributed by atoms with E-state index >= 15 is 0 Å². The van der Waals surface area contributed by atoms with E-state index in [0.717, 1.165) is 17.6 Å². The number of hydrogen-bond acceptors (Lipinski definition) is 2. The lowest BCUT2D eigenvalue weighted by molar-refractivity contribution is -0.117. The number of rotatable bonds is 4. The topological polar surface area (TPSA) is 37.4 Å². The minimum Gasteiger partial charge on any atom is -0.312 e. The number of halogens is 1. The van der Waals surface area contributed by atoms with Gasteiger partial charge in [-0.2, -0.15) is 0 Å². The number of Topliss-reactive ketones (excluding diaryl/α,β-unsaturated/α-hetero) is 1. The first-order valence-electron chi connectivity index (χ1n) is 6.15. The maximum absolute atomic E-state index is 11.9. The Morgan fingerprint density at radius 3 is 2.56 bits per heavy atom.